The topological polar surface area (TPSA) is 68.5 Å². The summed E-state index contributed by atoms with van der Waals surface area (Å²) in [6.07, 6.45) is 1.35. The molecule has 2 heterocycles. The number of carbonyl (C=O) groups is 1. The Morgan fingerprint density at radius 1 is 1.50 bits per heavy atom. The van der Waals surface area contributed by atoms with Gasteiger partial charge in [0.2, 0.25) is 11.8 Å². The quantitative estimate of drug-likeness (QED) is 0.830. The monoisotopic (exact) mass is 349 g/mol. The minimum atomic E-state index is -0.221. The van der Waals surface area contributed by atoms with Gasteiger partial charge in [-0.2, -0.15) is 4.98 Å². The third-order valence-electron chi connectivity index (χ3n) is 4.32. The van der Waals surface area contributed by atoms with Crippen LogP contribution in [0.1, 0.15) is 42.3 Å². The lowest BCUT2D eigenvalue weighted by atomic mass is 9.99. The van der Waals surface area contributed by atoms with Crippen LogP contribution in [-0.4, -0.2) is 34.6 Å². The molecule has 7 heteroatoms. The maximum Gasteiger partial charge on any atom is 0.227 e. The molecule has 1 aromatic heterocycles. The van der Waals surface area contributed by atoms with E-state index in [1.54, 1.807) is 7.11 Å². The maximum atomic E-state index is 12.4. The van der Waals surface area contributed by atoms with Crippen molar-refractivity contribution in [1.29, 1.82) is 0 Å². The average Bonchev–Trinajstić information content (AvgIpc) is 3.08. The van der Waals surface area contributed by atoms with Gasteiger partial charge in [0, 0.05) is 38.1 Å². The van der Waals surface area contributed by atoms with Crippen LogP contribution in [0.15, 0.2) is 22.7 Å². The van der Waals surface area contributed by atoms with Gasteiger partial charge >= 0.3 is 0 Å². The molecule has 0 saturated carbocycles. The summed E-state index contributed by atoms with van der Waals surface area (Å²) in [4.78, 5) is 18.6. The van der Waals surface area contributed by atoms with E-state index in [-0.39, 0.29) is 12.0 Å². The molecule has 0 bridgehead atoms. The number of halogens is 1. The van der Waals surface area contributed by atoms with Gasteiger partial charge in [-0.3, -0.25) is 4.79 Å². The minimum absolute atomic E-state index is 0.0835. The molecule has 3 rings (SSSR count). The van der Waals surface area contributed by atoms with E-state index in [0.717, 1.165) is 22.6 Å². The van der Waals surface area contributed by atoms with E-state index in [4.69, 9.17) is 20.9 Å². The maximum absolute atomic E-state index is 12.4. The van der Waals surface area contributed by atoms with Gasteiger partial charge in [0.15, 0.2) is 5.82 Å². The number of fused-ring (bicyclic) bond motifs is 1. The van der Waals surface area contributed by atoms with Crippen molar-refractivity contribution in [2.75, 3.05) is 13.7 Å². The summed E-state index contributed by atoms with van der Waals surface area (Å²) >= 11 is 6.21. The van der Waals surface area contributed by atoms with Crippen LogP contribution in [0.3, 0.4) is 0 Å². The number of amides is 1. The van der Waals surface area contributed by atoms with Crippen molar-refractivity contribution in [3.8, 4) is 0 Å². The van der Waals surface area contributed by atoms with Crippen LogP contribution in [0, 0.1) is 0 Å². The fourth-order valence-electron chi connectivity index (χ4n) is 2.79. The van der Waals surface area contributed by atoms with Gasteiger partial charge in [0.25, 0.3) is 0 Å². The third-order valence-corrected chi connectivity index (χ3v) is 4.67. The number of aryl methyl sites for hydroxylation is 1. The minimum Gasteiger partial charge on any atom is -0.374 e. The van der Waals surface area contributed by atoms with Crippen molar-refractivity contribution < 1.29 is 14.1 Å². The second-order valence-electron chi connectivity index (χ2n) is 5.87. The van der Waals surface area contributed by atoms with Crippen LogP contribution in [-0.2, 0) is 28.9 Å². The lowest BCUT2D eigenvalue weighted by molar-refractivity contribution is -0.132. The Morgan fingerprint density at radius 2 is 2.33 bits per heavy atom. The van der Waals surface area contributed by atoms with Gasteiger partial charge in [0.1, 0.15) is 6.10 Å². The fourth-order valence-corrected chi connectivity index (χ4v) is 3.08. The van der Waals surface area contributed by atoms with Crippen LogP contribution < -0.4 is 0 Å². The van der Waals surface area contributed by atoms with Crippen LogP contribution in [0.2, 0.25) is 5.02 Å². The van der Waals surface area contributed by atoms with Crippen LogP contribution in [0.4, 0.5) is 0 Å². The highest BCUT2D eigenvalue weighted by Crippen LogP contribution is 2.26. The number of rotatable bonds is 5. The summed E-state index contributed by atoms with van der Waals surface area (Å²) in [7, 11) is 1.59. The zero-order valence-electron chi connectivity index (χ0n) is 13.8. The highest BCUT2D eigenvalue weighted by molar-refractivity contribution is 6.31. The predicted molar refractivity (Wildman–Crippen MR) is 88.6 cm³/mol. The molecule has 1 atom stereocenters. The number of ether oxygens (including phenoxy) is 1. The molecule has 2 aromatic rings. The molecule has 0 saturated heterocycles. The van der Waals surface area contributed by atoms with Crippen molar-refractivity contribution in [3.05, 3.63) is 46.1 Å². The molecule has 0 radical (unpaired) electrons. The van der Waals surface area contributed by atoms with Gasteiger partial charge in [-0.25, -0.2) is 0 Å². The van der Waals surface area contributed by atoms with Crippen LogP contribution in [0.25, 0.3) is 0 Å². The largest absolute Gasteiger partial charge is 0.374 e. The predicted octanol–water partition coefficient (Wildman–Crippen LogP) is 2.95. The SMILES string of the molecule is COC(C)c1noc(CCC(=O)N2CCc3c(Cl)cccc3C2)n1. The van der Waals surface area contributed by atoms with Crippen molar-refractivity contribution >= 4 is 17.5 Å². The summed E-state index contributed by atoms with van der Waals surface area (Å²) in [5.41, 5.74) is 2.27. The zero-order valence-corrected chi connectivity index (χ0v) is 14.5. The molecule has 1 unspecified atom stereocenters. The number of aromatic nitrogens is 2. The Balaban J connectivity index is 1.57. The van der Waals surface area contributed by atoms with E-state index in [9.17, 15) is 4.79 Å². The van der Waals surface area contributed by atoms with Gasteiger partial charge in [-0.1, -0.05) is 28.9 Å². The first-order valence-corrected chi connectivity index (χ1v) is 8.35. The molecule has 1 aliphatic rings. The number of hydrogen-bond donors (Lipinski definition) is 0. The Labute approximate surface area is 145 Å². The number of carbonyl (C=O) groups excluding carboxylic acids is 1. The first-order valence-electron chi connectivity index (χ1n) is 7.97. The van der Waals surface area contributed by atoms with E-state index in [1.165, 1.54) is 0 Å². The van der Waals surface area contributed by atoms with Crippen LogP contribution >= 0.6 is 11.6 Å². The molecule has 6 nitrogen and oxygen atoms in total. The summed E-state index contributed by atoms with van der Waals surface area (Å²) in [6.45, 7) is 3.13. The molecule has 0 aliphatic carbocycles. The first kappa shape index (κ1) is 16.9. The van der Waals surface area contributed by atoms with E-state index < -0.39 is 0 Å². The van der Waals surface area contributed by atoms with E-state index in [1.807, 2.05) is 30.0 Å². The normalized spacial score (nSPS) is 15.2. The van der Waals surface area contributed by atoms with Crippen molar-refractivity contribution in [3.63, 3.8) is 0 Å². The Bertz CT molecular complexity index is 732. The lowest BCUT2D eigenvalue weighted by Crippen LogP contribution is -2.36. The smallest absolute Gasteiger partial charge is 0.227 e. The summed E-state index contributed by atoms with van der Waals surface area (Å²) < 4.78 is 10.3. The van der Waals surface area contributed by atoms with E-state index in [0.29, 0.717) is 37.6 Å². The number of benzene rings is 1. The van der Waals surface area contributed by atoms with E-state index in [2.05, 4.69) is 10.1 Å². The van der Waals surface area contributed by atoms with Gasteiger partial charge in [0.05, 0.1) is 0 Å². The average molecular weight is 350 g/mol. The fraction of sp³-hybridized carbons (Fsp3) is 0.471. The number of nitrogens with zero attached hydrogens (tertiary/aromatic N) is 3. The molecule has 0 fully saturated rings. The van der Waals surface area contributed by atoms with Crippen molar-refractivity contribution in [2.24, 2.45) is 0 Å². The summed E-state index contributed by atoms with van der Waals surface area (Å²) in [5, 5.41) is 4.65. The molecule has 0 spiro atoms. The molecule has 1 amide bonds. The molecule has 1 aliphatic heterocycles. The number of methoxy groups -OCH3 is 1. The highest BCUT2D eigenvalue weighted by atomic mass is 35.5. The second-order valence-corrected chi connectivity index (χ2v) is 6.27. The summed E-state index contributed by atoms with van der Waals surface area (Å²) in [6, 6.07) is 5.84. The van der Waals surface area contributed by atoms with Crippen molar-refractivity contribution in [1.82, 2.24) is 15.0 Å². The molecule has 0 N–H and O–H groups in total. The van der Waals surface area contributed by atoms with Gasteiger partial charge < -0.3 is 14.2 Å². The first-order chi connectivity index (χ1) is 11.6. The van der Waals surface area contributed by atoms with Gasteiger partial charge in [-0.05, 0) is 30.5 Å². The Kier molecular flexibility index (Phi) is 5.16. The molecular weight excluding hydrogens is 330 g/mol. The number of hydrogen-bond acceptors (Lipinski definition) is 5. The van der Waals surface area contributed by atoms with E-state index >= 15 is 0 Å². The van der Waals surface area contributed by atoms with Crippen LogP contribution in [0.5, 0.6) is 0 Å². The summed E-state index contributed by atoms with van der Waals surface area (Å²) in [5.74, 6) is 1.05. The highest BCUT2D eigenvalue weighted by Gasteiger charge is 2.22. The molecular formula is C17H20ClN3O3. The lowest BCUT2D eigenvalue weighted by Gasteiger charge is -2.29. The second kappa shape index (κ2) is 7.32. The van der Waals surface area contributed by atoms with Crippen molar-refractivity contribution in [2.45, 2.75) is 38.8 Å². The Hall–Kier alpha value is -1.92. The Morgan fingerprint density at radius 3 is 3.12 bits per heavy atom. The van der Waals surface area contributed by atoms with Gasteiger partial charge in [-0.15, -0.1) is 0 Å². The molecule has 24 heavy (non-hydrogen) atoms. The zero-order chi connectivity index (χ0) is 17.1. The molecule has 1 aromatic carbocycles. The standard InChI is InChI=1S/C17H20ClN3O3/c1-11(23-2)17-19-15(24-20-17)6-7-16(22)21-9-8-13-12(10-21)4-3-5-14(13)18/h3-5,11H,6-10H2,1-2H3. The third kappa shape index (κ3) is 3.60. The molecule has 128 valence electrons.